The van der Waals surface area contributed by atoms with Crippen molar-refractivity contribution in [2.75, 3.05) is 5.73 Å². The molecular formula is C19H14Br2N2O. The van der Waals surface area contributed by atoms with Crippen molar-refractivity contribution in [1.82, 2.24) is 4.98 Å². The molecule has 0 aliphatic rings. The van der Waals surface area contributed by atoms with Gasteiger partial charge in [0, 0.05) is 15.6 Å². The number of benzene rings is 3. The Hall–Kier alpha value is -1.85. The molecule has 4 aromatic rings. The highest BCUT2D eigenvalue weighted by atomic mass is 79.9. The lowest BCUT2D eigenvalue weighted by atomic mass is 10.1. The van der Waals surface area contributed by atoms with Crippen molar-refractivity contribution in [3.8, 4) is 11.5 Å². The van der Waals surface area contributed by atoms with E-state index in [1.54, 1.807) is 0 Å². The maximum Gasteiger partial charge on any atom is 0.227 e. The first-order valence-electron chi connectivity index (χ1n) is 7.65. The zero-order valence-corrected chi connectivity index (χ0v) is 16.1. The van der Waals surface area contributed by atoms with E-state index in [1.165, 1.54) is 5.39 Å². The summed E-state index contributed by atoms with van der Waals surface area (Å²) >= 11 is 7.11. The van der Waals surface area contributed by atoms with Crippen LogP contribution in [0.3, 0.4) is 0 Å². The van der Waals surface area contributed by atoms with Gasteiger partial charge in [0.05, 0.1) is 10.2 Å². The van der Waals surface area contributed by atoms with E-state index in [1.807, 2.05) is 18.2 Å². The Bertz CT molecular complexity index is 1090. The van der Waals surface area contributed by atoms with Crippen LogP contribution in [0.15, 0.2) is 55.8 Å². The smallest absolute Gasteiger partial charge is 0.227 e. The van der Waals surface area contributed by atoms with Crippen molar-refractivity contribution in [3.63, 3.8) is 0 Å². The van der Waals surface area contributed by atoms with E-state index >= 15 is 0 Å². The van der Waals surface area contributed by atoms with E-state index in [0.717, 1.165) is 43.0 Å². The zero-order chi connectivity index (χ0) is 16.8. The number of nitrogen functional groups attached to an aromatic ring is 1. The fraction of sp³-hybridized carbons (Fsp3) is 0.105. The van der Waals surface area contributed by atoms with Gasteiger partial charge in [-0.25, -0.2) is 4.98 Å². The summed E-state index contributed by atoms with van der Waals surface area (Å²) in [6.07, 6.45) is 0.806. The van der Waals surface area contributed by atoms with Crippen molar-refractivity contribution in [2.45, 2.75) is 13.3 Å². The van der Waals surface area contributed by atoms with Gasteiger partial charge in [0.1, 0.15) is 5.52 Å². The molecule has 0 spiro atoms. The number of halogens is 2. The minimum atomic E-state index is 0.601. The molecule has 3 nitrogen and oxygen atoms in total. The summed E-state index contributed by atoms with van der Waals surface area (Å²) in [6.45, 7) is 2.07. The van der Waals surface area contributed by atoms with Gasteiger partial charge >= 0.3 is 0 Å². The standard InChI is InChI=1S/C19H14Br2N2O/c1-2-13-14(20)16(22)15(21)17-18(13)24-19(23-17)12-8-7-10-5-3-4-6-11(10)9-12/h3-9H,2,22H2,1H3. The van der Waals surface area contributed by atoms with Crippen LogP contribution < -0.4 is 5.73 Å². The molecule has 0 aliphatic carbocycles. The van der Waals surface area contributed by atoms with E-state index in [0.29, 0.717) is 11.6 Å². The molecule has 2 N–H and O–H groups in total. The van der Waals surface area contributed by atoms with Crippen molar-refractivity contribution >= 4 is 59.4 Å². The summed E-state index contributed by atoms with van der Waals surface area (Å²) in [4.78, 5) is 4.69. The van der Waals surface area contributed by atoms with Gasteiger partial charge in [-0.15, -0.1) is 0 Å². The number of nitrogens with zero attached hydrogens (tertiary/aromatic N) is 1. The van der Waals surface area contributed by atoms with E-state index < -0.39 is 0 Å². The number of rotatable bonds is 2. The molecule has 0 radical (unpaired) electrons. The second-order valence-corrected chi connectivity index (χ2v) is 7.22. The van der Waals surface area contributed by atoms with Gasteiger partial charge in [0.15, 0.2) is 5.58 Å². The highest BCUT2D eigenvalue weighted by Gasteiger charge is 2.20. The second kappa shape index (κ2) is 5.90. The molecule has 0 saturated carbocycles. The van der Waals surface area contributed by atoms with Crippen LogP contribution in [-0.2, 0) is 6.42 Å². The molecule has 0 bridgehead atoms. The van der Waals surface area contributed by atoms with Gasteiger partial charge in [-0.1, -0.05) is 37.3 Å². The Balaban J connectivity index is 1.98. The average molecular weight is 446 g/mol. The third-order valence-electron chi connectivity index (χ3n) is 4.20. The molecule has 4 rings (SSSR count). The molecule has 0 amide bonds. The number of oxazole rings is 1. The van der Waals surface area contributed by atoms with Gasteiger partial charge in [0.2, 0.25) is 5.89 Å². The molecule has 120 valence electrons. The van der Waals surface area contributed by atoms with Crippen LogP contribution in [-0.4, -0.2) is 4.98 Å². The summed E-state index contributed by atoms with van der Waals surface area (Å²) < 4.78 is 7.74. The fourth-order valence-electron chi connectivity index (χ4n) is 2.92. The highest BCUT2D eigenvalue weighted by Crippen LogP contribution is 2.41. The molecule has 1 aromatic heterocycles. The lowest BCUT2D eigenvalue weighted by molar-refractivity contribution is 0.615. The monoisotopic (exact) mass is 444 g/mol. The number of fused-ring (bicyclic) bond motifs is 2. The predicted molar refractivity (Wildman–Crippen MR) is 106 cm³/mol. The van der Waals surface area contributed by atoms with Crippen LogP contribution >= 0.6 is 31.9 Å². The zero-order valence-electron chi connectivity index (χ0n) is 12.9. The molecule has 0 saturated heterocycles. The van der Waals surface area contributed by atoms with Crippen molar-refractivity contribution in [3.05, 3.63) is 57.0 Å². The number of hydrogen-bond acceptors (Lipinski definition) is 3. The summed E-state index contributed by atoms with van der Waals surface area (Å²) in [5.41, 5.74) is 10.3. The van der Waals surface area contributed by atoms with Gasteiger partial charge in [-0.3, -0.25) is 0 Å². The summed E-state index contributed by atoms with van der Waals surface area (Å²) in [5, 5.41) is 2.35. The lowest BCUT2D eigenvalue weighted by Crippen LogP contribution is -1.94. The number of hydrogen-bond donors (Lipinski definition) is 1. The number of anilines is 1. The first-order chi connectivity index (χ1) is 11.6. The number of aryl methyl sites for hydroxylation is 1. The highest BCUT2D eigenvalue weighted by molar-refractivity contribution is 9.11. The maximum absolute atomic E-state index is 6.17. The maximum atomic E-state index is 6.17. The Kier molecular flexibility index (Phi) is 3.85. The molecule has 3 aromatic carbocycles. The summed E-state index contributed by atoms with van der Waals surface area (Å²) in [6, 6.07) is 14.5. The number of aromatic nitrogens is 1. The quantitative estimate of drug-likeness (QED) is 0.367. The molecule has 24 heavy (non-hydrogen) atoms. The van der Waals surface area contributed by atoms with Crippen molar-refractivity contribution in [2.24, 2.45) is 0 Å². The average Bonchev–Trinajstić information content (AvgIpc) is 3.05. The fourth-order valence-corrected chi connectivity index (χ4v) is 4.31. The lowest BCUT2D eigenvalue weighted by Gasteiger charge is -2.07. The van der Waals surface area contributed by atoms with E-state index in [-0.39, 0.29) is 0 Å². The minimum Gasteiger partial charge on any atom is -0.436 e. The topological polar surface area (TPSA) is 52.0 Å². The van der Waals surface area contributed by atoms with Crippen LogP contribution in [0.1, 0.15) is 12.5 Å². The van der Waals surface area contributed by atoms with Gasteiger partial charge in [-0.05, 0) is 61.2 Å². The summed E-state index contributed by atoms with van der Waals surface area (Å²) in [7, 11) is 0. The third kappa shape index (κ3) is 2.34. The summed E-state index contributed by atoms with van der Waals surface area (Å²) in [5.74, 6) is 0.601. The van der Waals surface area contributed by atoms with E-state index in [4.69, 9.17) is 10.2 Å². The molecule has 0 fully saturated rings. The molecule has 0 atom stereocenters. The van der Waals surface area contributed by atoms with E-state index in [9.17, 15) is 0 Å². The SMILES string of the molecule is CCc1c(Br)c(N)c(Br)c2nc(-c3ccc4ccccc4c3)oc12. The molecule has 0 unspecified atom stereocenters. The second-order valence-electron chi connectivity index (χ2n) is 5.63. The van der Waals surface area contributed by atoms with Gasteiger partial charge in [0.25, 0.3) is 0 Å². The Morgan fingerprint density at radius 3 is 2.54 bits per heavy atom. The largest absolute Gasteiger partial charge is 0.436 e. The van der Waals surface area contributed by atoms with Crippen LogP contribution in [0.4, 0.5) is 5.69 Å². The Morgan fingerprint density at radius 1 is 1.04 bits per heavy atom. The Morgan fingerprint density at radius 2 is 1.79 bits per heavy atom. The van der Waals surface area contributed by atoms with Crippen LogP contribution in [0.2, 0.25) is 0 Å². The Labute approximate surface area is 156 Å². The normalized spacial score (nSPS) is 11.5. The molecule has 1 heterocycles. The third-order valence-corrected chi connectivity index (χ3v) is 5.91. The van der Waals surface area contributed by atoms with Crippen molar-refractivity contribution in [1.29, 1.82) is 0 Å². The number of nitrogens with two attached hydrogens (primary N) is 1. The first kappa shape index (κ1) is 15.7. The minimum absolute atomic E-state index is 0.601. The van der Waals surface area contributed by atoms with Crippen molar-refractivity contribution < 1.29 is 4.42 Å². The molecular weight excluding hydrogens is 432 g/mol. The van der Waals surface area contributed by atoms with Crippen LogP contribution in [0.5, 0.6) is 0 Å². The van der Waals surface area contributed by atoms with Gasteiger partial charge in [-0.2, -0.15) is 0 Å². The first-order valence-corrected chi connectivity index (χ1v) is 9.23. The molecule has 0 aliphatic heterocycles. The van der Waals surface area contributed by atoms with Gasteiger partial charge < -0.3 is 10.2 Å². The molecule has 5 heteroatoms. The van der Waals surface area contributed by atoms with Crippen LogP contribution in [0, 0.1) is 0 Å². The van der Waals surface area contributed by atoms with E-state index in [2.05, 4.69) is 68.0 Å². The van der Waals surface area contributed by atoms with Crippen LogP contribution in [0.25, 0.3) is 33.3 Å². The predicted octanol–water partition coefficient (Wildman–Crippen LogP) is 6.32.